The Morgan fingerprint density at radius 1 is 0.870 bits per heavy atom. The molecule has 0 atom stereocenters. The molecule has 0 unspecified atom stereocenters. The van der Waals surface area contributed by atoms with Gasteiger partial charge in [0.15, 0.2) is 0 Å². The predicted octanol–water partition coefficient (Wildman–Crippen LogP) is 1.18. The molecule has 1 aliphatic rings. The molecule has 0 amide bonds. The molecule has 1 saturated heterocycles. The summed E-state index contributed by atoms with van der Waals surface area (Å²) in [5.74, 6) is 0. The van der Waals surface area contributed by atoms with E-state index in [4.69, 9.17) is 4.74 Å². The van der Waals surface area contributed by atoms with Gasteiger partial charge in [0.1, 0.15) is 0 Å². The van der Waals surface area contributed by atoms with Crippen LogP contribution < -0.4 is 51.4 Å². The summed E-state index contributed by atoms with van der Waals surface area (Å²) in [6.07, 6.45) is 15.4. The van der Waals surface area contributed by atoms with Gasteiger partial charge in [-0.15, -0.1) is 0 Å². The van der Waals surface area contributed by atoms with E-state index in [0.717, 1.165) is 19.6 Å². The van der Waals surface area contributed by atoms with E-state index in [0.29, 0.717) is 6.42 Å². The van der Waals surface area contributed by atoms with Crippen molar-refractivity contribution < 1.29 is 73.3 Å². The minimum atomic E-state index is -4.45. The normalized spacial score (nSPS) is 18.2. The van der Waals surface area contributed by atoms with Gasteiger partial charge >= 0.3 is 51.4 Å². The summed E-state index contributed by atoms with van der Waals surface area (Å²) in [6, 6.07) is 0. The average molecular weight is 377 g/mol. The zero-order valence-corrected chi connectivity index (χ0v) is 19.0. The average Bonchev–Trinajstić information content (AvgIpc) is 2.48. The first-order valence-corrected chi connectivity index (χ1v) is 10.1. The van der Waals surface area contributed by atoms with Crippen molar-refractivity contribution in [3.8, 4) is 0 Å². The number of hydrogen-bond acceptors (Lipinski definition) is 5. The Bertz CT molecular complexity index is 274. The Morgan fingerprint density at radius 2 is 1.26 bits per heavy atom. The summed E-state index contributed by atoms with van der Waals surface area (Å²) in [4.78, 5) is 0. The number of unbranched alkanes of at least 4 members (excludes halogenated alkanes) is 1. The minimum absolute atomic E-state index is 0. The van der Waals surface area contributed by atoms with E-state index in [9.17, 15) is 13.0 Å². The van der Waals surface area contributed by atoms with Gasteiger partial charge in [-0.2, -0.15) is 0 Å². The fraction of sp³-hybridized carbons (Fsp3) is 1.00. The van der Waals surface area contributed by atoms with E-state index in [1.165, 1.54) is 64.2 Å². The van der Waals surface area contributed by atoms with Crippen LogP contribution in [0.2, 0.25) is 0 Å². The second-order valence-corrected chi connectivity index (χ2v) is 6.78. The van der Waals surface area contributed by atoms with Crippen LogP contribution in [-0.4, -0.2) is 32.8 Å². The van der Waals surface area contributed by atoms with E-state index in [2.05, 4.69) is 4.18 Å². The quantitative estimate of drug-likeness (QED) is 0.319. The molecule has 0 N–H and O–H groups in total. The molecular formula is C16H33KO5S. The topological polar surface area (TPSA) is 75.7 Å². The Hall–Kier alpha value is 1.47. The van der Waals surface area contributed by atoms with Crippen LogP contribution in [0.3, 0.4) is 0 Å². The Balaban J connectivity index is 0. The van der Waals surface area contributed by atoms with Crippen LogP contribution >= 0.6 is 0 Å². The summed E-state index contributed by atoms with van der Waals surface area (Å²) >= 11 is 0. The fourth-order valence-electron chi connectivity index (χ4n) is 2.23. The first kappa shape index (κ1) is 26.7. The molecule has 0 bridgehead atoms. The van der Waals surface area contributed by atoms with Crippen molar-refractivity contribution in [3.63, 3.8) is 0 Å². The van der Waals surface area contributed by atoms with Gasteiger partial charge < -0.3 is 9.29 Å². The molecular weight excluding hydrogens is 343 g/mol. The van der Waals surface area contributed by atoms with Crippen LogP contribution in [0.25, 0.3) is 0 Å². The zero-order chi connectivity index (χ0) is 16.5. The maximum atomic E-state index is 9.73. The first-order chi connectivity index (χ1) is 10.6. The number of rotatable bonds is 4. The molecule has 0 saturated carbocycles. The summed E-state index contributed by atoms with van der Waals surface area (Å²) in [6.45, 7) is 3.88. The molecule has 1 rings (SSSR count). The summed E-state index contributed by atoms with van der Waals surface area (Å²) in [7, 11) is -4.45. The van der Waals surface area contributed by atoms with Crippen molar-refractivity contribution in [2.45, 2.75) is 84.0 Å². The molecule has 0 radical (unpaired) electrons. The Morgan fingerprint density at radius 3 is 1.61 bits per heavy atom. The van der Waals surface area contributed by atoms with Crippen LogP contribution in [0.4, 0.5) is 0 Å². The molecule has 0 aromatic rings. The van der Waals surface area contributed by atoms with Crippen LogP contribution in [0.1, 0.15) is 84.0 Å². The standard InChI is InChI=1S/C12H24O.C4H10O4S.K/c1-2-4-6-8-10-12-13-11-9-7-5-3-1;1-2-3-4-8-9(5,6)7;/h1-12H2;2-4H2,1H3,(H,5,6,7);/q;;+1/p-1. The van der Waals surface area contributed by atoms with Crippen molar-refractivity contribution in [2.75, 3.05) is 19.8 Å². The predicted molar refractivity (Wildman–Crippen MR) is 87.5 cm³/mol. The third kappa shape index (κ3) is 25.8. The molecule has 134 valence electrons. The van der Waals surface area contributed by atoms with Gasteiger partial charge in [-0.1, -0.05) is 64.7 Å². The van der Waals surface area contributed by atoms with Crippen molar-refractivity contribution in [2.24, 2.45) is 0 Å². The number of ether oxygens (including phenoxy) is 1. The SMILES string of the molecule is C1CCCCCCOCCCCC1.CCCCOS(=O)(=O)[O-].[K+]. The van der Waals surface area contributed by atoms with Gasteiger partial charge in [-0.25, -0.2) is 8.42 Å². The maximum absolute atomic E-state index is 9.73. The second-order valence-electron chi connectivity index (χ2n) is 5.73. The molecule has 7 heteroatoms. The van der Waals surface area contributed by atoms with Crippen molar-refractivity contribution in [1.82, 2.24) is 0 Å². The molecule has 0 aliphatic carbocycles. The van der Waals surface area contributed by atoms with Crippen LogP contribution in [0.5, 0.6) is 0 Å². The molecule has 0 aromatic carbocycles. The third-order valence-corrected chi connectivity index (χ3v) is 4.01. The molecule has 23 heavy (non-hydrogen) atoms. The van der Waals surface area contributed by atoms with Gasteiger partial charge in [0, 0.05) is 13.2 Å². The van der Waals surface area contributed by atoms with Crippen molar-refractivity contribution in [3.05, 3.63) is 0 Å². The third-order valence-electron chi connectivity index (χ3n) is 3.55. The Labute approximate surface area is 185 Å². The largest absolute Gasteiger partial charge is 1.00 e. The maximum Gasteiger partial charge on any atom is 1.00 e. The molecule has 1 heterocycles. The summed E-state index contributed by atoms with van der Waals surface area (Å²) in [5.41, 5.74) is 0. The van der Waals surface area contributed by atoms with Crippen molar-refractivity contribution in [1.29, 1.82) is 0 Å². The van der Waals surface area contributed by atoms with Crippen LogP contribution in [-0.2, 0) is 19.3 Å². The van der Waals surface area contributed by atoms with Gasteiger partial charge in [0.25, 0.3) is 0 Å². The molecule has 1 aliphatic heterocycles. The molecule has 1 fully saturated rings. The van der Waals surface area contributed by atoms with Crippen molar-refractivity contribution >= 4 is 10.4 Å². The van der Waals surface area contributed by atoms with Gasteiger partial charge in [0.2, 0.25) is 10.4 Å². The molecule has 0 spiro atoms. The van der Waals surface area contributed by atoms with Crippen LogP contribution in [0.15, 0.2) is 0 Å². The summed E-state index contributed by atoms with van der Waals surface area (Å²) < 4.78 is 38.6. The molecule has 5 nitrogen and oxygen atoms in total. The van der Waals surface area contributed by atoms with E-state index in [1.807, 2.05) is 6.92 Å². The van der Waals surface area contributed by atoms with E-state index >= 15 is 0 Å². The van der Waals surface area contributed by atoms with Crippen LogP contribution in [0, 0.1) is 0 Å². The van der Waals surface area contributed by atoms with Gasteiger partial charge in [0.05, 0.1) is 6.61 Å². The van der Waals surface area contributed by atoms with E-state index in [-0.39, 0.29) is 58.0 Å². The first-order valence-electron chi connectivity index (χ1n) is 8.74. The second kappa shape index (κ2) is 19.8. The van der Waals surface area contributed by atoms with E-state index < -0.39 is 10.4 Å². The number of hydrogen-bond donors (Lipinski definition) is 0. The fourth-order valence-corrected chi connectivity index (χ4v) is 2.55. The minimum Gasteiger partial charge on any atom is -0.726 e. The van der Waals surface area contributed by atoms with Gasteiger partial charge in [-0.05, 0) is 19.3 Å². The smallest absolute Gasteiger partial charge is 0.726 e. The Kier molecular flexibility index (Phi) is 23.0. The molecule has 0 aromatic heterocycles. The monoisotopic (exact) mass is 376 g/mol. The summed E-state index contributed by atoms with van der Waals surface area (Å²) in [5, 5.41) is 0. The zero-order valence-electron chi connectivity index (χ0n) is 15.1. The van der Waals surface area contributed by atoms with E-state index in [1.54, 1.807) is 0 Å². The van der Waals surface area contributed by atoms with Gasteiger partial charge in [-0.3, -0.25) is 4.18 Å².